The van der Waals surface area contributed by atoms with Gasteiger partial charge in [0.05, 0.1) is 21.7 Å². The number of nitrogens with one attached hydrogen (secondary N) is 5. The minimum atomic E-state index is -3.90. The highest BCUT2D eigenvalue weighted by Gasteiger charge is 2.30. The smallest absolute Gasteiger partial charge is 0.336 e. The average molecular weight is 1000 g/mol. The van der Waals surface area contributed by atoms with Crippen LogP contribution in [0.15, 0.2) is 150 Å². The van der Waals surface area contributed by atoms with Gasteiger partial charge in [0, 0.05) is 74.5 Å². The molecule has 2 aliphatic heterocycles. The van der Waals surface area contributed by atoms with Gasteiger partial charge in [0.2, 0.25) is 0 Å². The predicted molar refractivity (Wildman–Crippen MR) is 273 cm³/mol. The lowest BCUT2D eigenvalue weighted by atomic mass is 9.88. The SMILES string of the molecule is C=c1cc2c(cc1F)=C(c1ccc(C(=O)NCCCCCCNC(=O)c3ccc(N/C(=C4\C(=O)Nc5ccc(NS(=O)(=O)c6ccccc6)cc54)c4ccccc4)cc3)cc1C(=O)O)c1cc(F)c(O)cc1O2. The number of fused-ring (bicyclic) bond motifs is 3. The van der Waals surface area contributed by atoms with E-state index in [4.69, 9.17) is 4.74 Å². The summed E-state index contributed by atoms with van der Waals surface area (Å²) in [6, 6.07) is 37.2. The zero-order valence-electron chi connectivity index (χ0n) is 38.7. The number of phenols is 1. The number of phenolic OH excluding ortho intramolecular Hbond substituents is 1. The van der Waals surface area contributed by atoms with E-state index in [1.54, 1.807) is 60.7 Å². The van der Waals surface area contributed by atoms with E-state index in [-0.39, 0.29) is 78.7 Å². The third kappa shape index (κ3) is 10.5. The topological polar surface area (TPSA) is 212 Å². The largest absolute Gasteiger partial charge is 0.505 e. The summed E-state index contributed by atoms with van der Waals surface area (Å²) >= 11 is 0. The maximum atomic E-state index is 14.8. The lowest BCUT2D eigenvalue weighted by molar-refractivity contribution is -0.110. The number of halogens is 2. The van der Waals surface area contributed by atoms with Crippen LogP contribution in [0.4, 0.5) is 25.8 Å². The summed E-state index contributed by atoms with van der Waals surface area (Å²) in [6.07, 6.45) is 2.73. The second kappa shape index (κ2) is 20.7. The number of sulfonamides is 1. The fourth-order valence-electron chi connectivity index (χ4n) is 8.57. The van der Waals surface area contributed by atoms with E-state index >= 15 is 0 Å². The fraction of sp³-hybridized carbons (Fsp3) is 0.107. The number of amides is 3. The van der Waals surface area contributed by atoms with Crippen molar-refractivity contribution in [1.82, 2.24) is 10.6 Å². The molecule has 0 fully saturated rings. The lowest BCUT2D eigenvalue weighted by Gasteiger charge is -2.23. The van der Waals surface area contributed by atoms with Crippen molar-refractivity contribution in [3.8, 4) is 17.2 Å². The van der Waals surface area contributed by atoms with Gasteiger partial charge in [-0.25, -0.2) is 22.0 Å². The Kier molecular flexibility index (Phi) is 13.9. The summed E-state index contributed by atoms with van der Waals surface area (Å²) in [7, 11) is -3.90. The first kappa shape index (κ1) is 48.9. The number of carbonyl (C=O) groups excluding carboxylic acids is 3. The van der Waals surface area contributed by atoms with E-state index in [1.165, 1.54) is 36.4 Å². The third-order valence-corrected chi connectivity index (χ3v) is 13.6. The summed E-state index contributed by atoms with van der Waals surface area (Å²) < 4.78 is 64.2. The van der Waals surface area contributed by atoms with Crippen LogP contribution >= 0.6 is 0 Å². The zero-order valence-corrected chi connectivity index (χ0v) is 39.5. The quantitative estimate of drug-likeness (QED) is 0.0341. The van der Waals surface area contributed by atoms with Crippen molar-refractivity contribution < 1.29 is 51.3 Å². The monoisotopic (exact) mass is 1000 g/mol. The molecule has 17 heteroatoms. The van der Waals surface area contributed by atoms with Crippen LogP contribution in [0.5, 0.6) is 17.2 Å². The van der Waals surface area contributed by atoms with Gasteiger partial charge >= 0.3 is 5.97 Å². The van der Waals surface area contributed by atoms with E-state index in [9.17, 15) is 46.6 Å². The Labute approximate surface area is 417 Å². The Morgan fingerprint density at radius 2 is 1.29 bits per heavy atom. The van der Waals surface area contributed by atoms with E-state index in [1.807, 2.05) is 30.3 Å². The van der Waals surface area contributed by atoms with Crippen molar-refractivity contribution in [1.29, 1.82) is 0 Å². The van der Waals surface area contributed by atoms with Crippen molar-refractivity contribution in [2.75, 3.05) is 28.4 Å². The molecule has 14 nitrogen and oxygen atoms in total. The average Bonchev–Trinajstić information content (AvgIpc) is 3.71. The molecule has 7 N–H and O–H groups in total. The van der Waals surface area contributed by atoms with Gasteiger partial charge in [-0.3, -0.25) is 19.1 Å². The summed E-state index contributed by atoms with van der Waals surface area (Å²) in [4.78, 5) is 52.6. The predicted octanol–water partition coefficient (Wildman–Crippen LogP) is 8.59. The number of aromatic carboxylic acids is 1. The Balaban J connectivity index is 0.785. The van der Waals surface area contributed by atoms with Gasteiger partial charge in [-0.15, -0.1) is 0 Å². The maximum absolute atomic E-state index is 14.8. The Morgan fingerprint density at radius 3 is 1.97 bits per heavy atom. The van der Waals surface area contributed by atoms with Crippen LogP contribution in [0.25, 0.3) is 23.4 Å². The first-order valence-electron chi connectivity index (χ1n) is 23.0. The van der Waals surface area contributed by atoms with Gasteiger partial charge in [0.15, 0.2) is 11.6 Å². The molecule has 368 valence electrons. The number of aromatic hydroxyl groups is 1. The molecular formula is C56H45F2N5O9S. The maximum Gasteiger partial charge on any atom is 0.336 e. The lowest BCUT2D eigenvalue weighted by Crippen LogP contribution is -2.26. The summed E-state index contributed by atoms with van der Waals surface area (Å²) in [6.45, 7) is 4.34. The molecule has 0 atom stereocenters. The van der Waals surface area contributed by atoms with Gasteiger partial charge in [0.1, 0.15) is 17.3 Å². The molecule has 7 aromatic rings. The molecule has 0 saturated heterocycles. The van der Waals surface area contributed by atoms with Gasteiger partial charge in [-0.2, -0.15) is 0 Å². The first-order valence-corrected chi connectivity index (χ1v) is 24.5. The molecule has 7 aromatic carbocycles. The molecule has 0 saturated carbocycles. The number of ether oxygens (including phenoxy) is 1. The normalized spacial score (nSPS) is 13.1. The Bertz CT molecular complexity index is 3630. The minimum Gasteiger partial charge on any atom is -0.505 e. The van der Waals surface area contributed by atoms with Crippen molar-refractivity contribution in [3.05, 3.63) is 207 Å². The number of hydrogen-bond acceptors (Lipinski definition) is 9. The highest BCUT2D eigenvalue weighted by Crippen LogP contribution is 2.41. The second-order valence-corrected chi connectivity index (χ2v) is 18.8. The van der Waals surface area contributed by atoms with Crippen LogP contribution in [-0.4, -0.2) is 55.4 Å². The molecule has 9 rings (SSSR count). The van der Waals surface area contributed by atoms with Gasteiger partial charge in [-0.1, -0.05) is 74.0 Å². The minimum absolute atomic E-state index is 0.00667. The van der Waals surface area contributed by atoms with Crippen molar-refractivity contribution in [2.45, 2.75) is 30.6 Å². The number of anilines is 3. The van der Waals surface area contributed by atoms with Gasteiger partial charge < -0.3 is 36.2 Å². The van der Waals surface area contributed by atoms with Gasteiger partial charge in [-0.05, 0) is 109 Å². The zero-order chi connectivity index (χ0) is 51.4. The van der Waals surface area contributed by atoms with Crippen LogP contribution in [0.2, 0.25) is 0 Å². The van der Waals surface area contributed by atoms with Crippen LogP contribution in [-0.2, 0) is 14.8 Å². The molecule has 0 unspecified atom stereocenters. The number of hydrogen-bond donors (Lipinski definition) is 7. The molecule has 2 heterocycles. The molecular weight excluding hydrogens is 957 g/mol. The highest BCUT2D eigenvalue weighted by molar-refractivity contribution is 7.92. The van der Waals surface area contributed by atoms with E-state index in [2.05, 4.69) is 32.6 Å². The number of carboxylic acids is 1. The summed E-state index contributed by atoms with van der Waals surface area (Å²) in [5, 5.41) is 32.4. The Morgan fingerprint density at radius 1 is 0.644 bits per heavy atom. The molecule has 0 bridgehead atoms. The third-order valence-electron chi connectivity index (χ3n) is 12.2. The number of carboxylic acid groups (broad SMARTS) is 1. The number of benzene rings is 7. The molecule has 2 aliphatic rings. The summed E-state index contributed by atoms with van der Waals surface area (Å²) in [5.41, 5.74) is 3.78. The Hall–Kier alpha value is -9.09. The van der Waals surface area contributed by atoms with Crippen LogP contribution in [0.3, 0.4) is 0 Å². The van der Waals surface area contributed by atoms with E-state index < -0.39 is 39.3 Å². The standard InChI is InChI=1S/C56H45F2N5O9S/c1-32-26-48-42(29-44(32)57)50(43-30-45(58)47(64)31-49(43)72-48)39-22-18-35(27-40(39)56(68)69)54(66)60-25-11-3-2-10-24-59-53(65)34-16-19-36(20-17-34)61-52(33-12-6-4-7-13-33)51-41-28-37(21-23-46(41)62-55(51)67)63-73(70,71)38-14-8-5-9-15-38/h4-9,12-23,26-31,61,63-64H,1-3,10-11,24-25H2,(H,59,65)(H,60,66)(H,62,67)(H,68,69)/b52-51-. The van der Waals surface area contributed by atoms with Crippen LogP contribution in [0, 0.1) is 11.6 Å². The van der Waals surface area contributed by atoms with Crippen molar-refractivity contribution >= 4 is 74.2 Å². The van der Waals surface area contributed by atoms with E-state index in [0.717, 1.165) is 31.0 Å². The molecule has 3 amide bonds. The number of carbonyl (C=O) groups is 4. The second-order valence-electron chi connectivity index (χ2n) is 17.2. The van der Waals surface area contributed by atoms with Crippen molar-refractivity contribution in [3.63, 3.8) is 0 Å². The number of unbranched alkanes of at least 4 members (excludes halogenated alkanes) is 3. The fourth-order valence-corrected chi connectivity index (χ4v) is 9.64. The van der Waals surface area contributed by atoms with Gasteiger partial charge in [0.25, 0.3) is 27.7 Å². The van der Waals surface area contributed by atoms with Crippen molar-refractivity contribution in [2.24, 2.45) is 0 Å². The molecule has 0 aromatic heterocycles. The summed E-state index contributed by atoms with van der Waals surface area (Å²) in [5.74, 6) is -4.84. The number of rotatable bonds is 17. The molecule has 0 radical (unpaired) electrons. The molecule has 0 spiro atoms. The van der Waals surface area contributed by atoms with Crippen LogP contribution < -0.4 is 41.2 Å². The molecule has 0 aliphatic carbocycles. The first-order chi connectivity index (χ1) is 35.1. The van der Waals surface area contributed by atoms with E-state index in [0.29, 0.717) is 58.7 Å². The van der Waals surface area contributed by atoms with Crippen LogP contribution in [0.1, 0.15) is 79.0 Å². The molecule has 73 heavy (non-hydrogen) atoms. The highest BCUT2D eigenvalue weighted by atomic mass is 32.2.